The van der Waals surface area contributed by atoms with E-state index < -0.39 is 0 Å². The SMILES string of the molecule is O=C1CC(c2ccc(N3CCCC3)cc2)=Cn2nccc21. The number of ketones is 1. The van der Waals surface area contributed by atoms with Crippen LogP contribution in [0.5, 0.6) is 0 Å². The van der Waals surface area contributed by atoms with Crippen molar-refractivity contribution in [3.63, 3.8) is 0 Å². The van der Waals surface area contributed by atoms with Crippen molar-refractivity contribution < 1.29 is 4.79 Å². The van der Waals surface area contributed by atoms with Crippen molar-refractivity contribution in [2.75, 3.05) is 18.0 Å². The highest BCUT2D eigenvalue weighted by Crippen LogP contribution is 2.28. The fourth-order valence-corrected chi connectivity index (χ4v) is 3.13. The molecule has 0 aliphatic carbocycles. The summed E-state index contributed by atoms with van der Waals surface area (Å²) in [7, 11) is 0. The quantitative estimate of drug-likeness (QED) is 0.848. The van der Waals surface area contributed by atoms with Crippen molar-refractivity contribution in [2.45, 2.75) is 19.3 Å². The Kier molecular flexibility index (Phi) is 2.88. The monoisotopic (exact) mass is 279 g/mol. The highest BCUT2D eigenvalue weighted by molar-refractivity contribution is 6.05. The fraction of sp³-hybridized carbons (Fsp3) is 0.294. The summed E-state index contributed by atoms with van der Waals surface area (Å²) >= 11 is 0. The van der Waals surface area contributed by atoms with E-state index >= 15 is 0 Å². The van der Waals surface area contributed by atoms with Crippen LogP contribution < -0.4 is 4.90 Å². The second-order valence-corrected chi connectivity index (χ2v) is 5.66. The van der Waals surface area contributed by atoms with Gasteiger partial charge in [-0.25, -0.2) is 4.68 Å². The lowest BCUT2D eigenvalue weighted by Gasteiger charge is -2.19. The predicted molar refractivity (Wildman–Crippen MR) is 83.2 cm³/mol. The zero-order chi connectivity index (χ0) is 14.2. The standard InChI is InChI=1S/C17H17N3O/c21-17-11-14(12-20-16(17)7-8-18-20)13-3-5-15(6-4-13)19-9-1-2-10-19/h3-8,12H,1-2,9-11H2. The van der Waals surface area contributed by atoms with Gasteiger partial charge in [0, 0.05) is 31.4 Å². The summed E-state index contributed by atoms with van der Waals surface area (Å²) in [4.78, 5) is 14.5. The Bertz CT molecular complexity index is 706. The summed E-state index contributed by atoms with van der Waals surface area (Å²) in [6.45, 7) is 2.30. The topological polar surface area (TPSA) is 38.1 Å². The van der Waals surface area contributed by atoms with Gasteiger partial charge in [-0.3, -0.25) is 4.79 Å². The lowest BCUT2D eigenvalue weighted by atomic mass is 9.98. The van der Waals surface area contributed by atoms with E-state index in [1.165, 1.54) is 18.5 Å². The number of rotatable bonds is 2. The van der Waals surface area contributed by atoms with Gasteiger partial charge >= 0.3 is 0 Å². The van der Waals surface area contributed by atoms with Gasteiger partial charge in [-0.15, -0.1) is 0 Å². The lowest BCUT2D eigenvalue weighted by molar-refractivity contribution is 0.0989. The minimum Gasteiger partial charge on any atom is -0.372 e. The molecule has 1 aromatic carbocycles. The van der Waals surface area contributed by atoms with Crippen LogP contribution >= 0.6 is 0 Å². The number of anilines is 1. The molecule has 0 spiro atoms. The molecular weight excluding hydrogens is 262 g/mol. The van der Waals surface area contributed by atoms with Crippen LogP contribution in [0.2, 0.25) is 0 Å². The largest absolute Gasteiger partial charge is 0.372 e. The molecule has 1 saturated heterocycles. The molecule has 0 amide bonds. The van der Waals surface area contributed by atoms with E-state index in [0.717, 1.165) is 24.2 Å². The van der Waals surface area contributed by atoms with Gasteiger partial charge < -0.3 is 4.90 Å². The van der Waals surface area contributed by atoms with Crippen LogP contribution in [-0.2, 0) is 0 Å². The molecule has 2 aliphatic rings. The van der Waals surface area contributed by atoms with Crippen LogP contribution in [0.3, 0.4) is 0 Å². The maximum Gasteiger partial charge on any atom is 0.185 e. The molecule has 1 fully saturated rings. The third-order valence-electron chi connectivity index (χ3n) is 4.29. The molecule has 0 unspecified atom stereocenters. The predicted octanol–water partition coefficient (Wildman–Crippen LogP) is 3.07. The van der Waals surface area contributed by atoms with E-state index in [0.29, 0.717) is 12.1 Å². The van der Waals surface area contributed by atoms with Gasteiger partial charge in [0.2, 0.25) is 0 Å². The number of benzene rings is 1. The highest BCUT2D eigenvalue weighted by atomic mass is 16.1. The van der Waals surface area contributed by atoms with Crippen LogP contribution in [0.25, 0.3) is 11.8 Å². The summed E-state index contributed by atoms with van der Waals surface area (Å²) in [5, 5.41) is 4.17. The summed E-state index contributed by atoms with van der Waals surface area (Å²) in [5.74, 6) is 0.133. The zero-order valence-electron chi connectivity index (χ0n) is 11.8. The summed E-state index contributed by atoms with van der Waals surface area (Å²) in [6.07, 6.45) is 6.65. The average molecular weight is 279 g/mol. The van der Waals surface area contributed by atoms with Gasteiger partial charge in [-0.1, -0.05) is 12.1 Å². The molecule has 106 valence electrons. The number of carbonyl (C=O) groups excluding carboxylic acids is 1. The molecule has 0 bridgehead atoms. The summed E-state index contributed by atoms with van der Waals surface area (Å²) in [6, 6.07) is 10.3. The van der Waals surface area contributed by atoms with Crippen molar-refractivity contribution in [2.24, 2.45) is 0 Å². The Labute approximate surface area is 123 Å². The molecule has 0 N–H and O–H groups in total. The van der Waals surface area contributed by atoms with Gasteiger partial charge in [0.25, 0.3) is 0 Å². The minimum absolute atomic E-state index is 0.133. The molecular formula is C17H17N3O. The number of hydrogen-bond donors (Lipinski definition) is 0. The van der Waals surface area contributed by atoms with Crippen LogP contribution in [0.15, 0.2) is 36.5 Å². The average Bonchev–Trinajstić information content (AvgIpc) is 3.19. The van der Waals surface area contributed by atoms with Crippen LogP contribution in [-0.4, -0.2) is 28.7 Å². The third-order valence-corrected chi connectivity index (χ3v) is 4.29. The van der Waals surface area contributed by atoms with E-state index in [1.807, 2.05) is 6.20 Å². The number of fused-ring (bicyclic) bond motifs is 1. The molecule has 0 radical (unpaired) electrons. The van der Waals surface area contributed by atoms with Gasteiger partial charge in [-0.05, 0) is 42.2 Å². The zero-order valence-corrected chi connectivity index (χ0v) is 11.8. The first kappa shape index (κ1) is 12.4. The molecule has 2 aromatic rings. The van der Waals surface area contributed by atoms with Gasteiger partial charge in [0.15, 0.2) is 5.78 Å². The van der Waals surface area contributed by atoms with E-state index in [4.69, 9.17) is 0 Å². The Balaban J connectivity index is 1.64. The molecule has 4 heteroatoms. The normalized spacial score (nSPS) is 17.8. The first-order chi connectivity index (χ1) is 10.3. The molecule has 21 heavy (non-hydrogen) atoms. The second-order valence-electron chi connectivity index (χ2n) is 5.66. The van der Waals surface area contributed by atoms with Crippen molar-refractivity contribution in [3.8, 4) is 0 Å². The Morgan fingerprint density at radius 2 is 1.76 bits per heavy atom. The van der Waals surface area contributed by atoms with Crippen LogP contribution in [0.1, 0.15) is 35.3 Å². The molecule has 4 rings (SSSR count). The number of carbonyl (C=O) groups is 1. The third kappa shape index (κ3) is 2.17. The van der Waals surface area contributed by atoms with E-state index in [9.17, 15) is 4.79 Å². The highest BCUT2D eigenvalue weighted by Gasteiger charge is 2.20. The number of nitrogens with zero attached hydrogens (tertiary/aromatic N) is 3. The van der Waals surface area contributed by atoms with Gasteiger partial charge in [-0.2, -0.15) is 5.10 Å². The van der Waals surface area contributed by atoms with Crippen LogP contribution in [0.4, 0.5) is 5.69 Å². The number of hydrogen-bond acceptors (Lipinski definition) is 3. The minimum atomic E-state index is 0.133. The smallest absolute Gasteiger partial charge is 0.185 e. The number of allylic oxidation sites excluding steroid dienone is 1. The molecule has 0 atom stereocenters. The van der Waals surface area contributed by atoms with Crippen molar-refractivity contribution >= 4 is 23.2 Å². The van der Waals surface area contributed by atoms with Gasteiger partial charge in [0.05, 0.1) is 6.20 Å². The number of Topliss-reactive ketones (excluding diaryl/α,β-unsaturated/α-hetero) is 1. The molecule has 4 nitrogen and oxygen atoms in total. The maximum absolute atomic E-state index is 12.1. The fourth-order valence-electron chi connectivity index (χ4n) is 3.13. The first-order valence-electron chi connectivity index (χ1n) is 7.44. The summed E-state index contributed by atoms with van der Waals surface area (Å²) < 4.78 is 1.68. The van der Waals surface area contributed by atoms with Crippen molar-refractivity contribution in [3.05, 3.63) is 47.8 Å². The second kappa shape index (κ2) is 4.88. The first-order valence-corrected chi connectivity index (χ1v) is 7.44. The van der Waals surface area contributed by atoms with Gasteiger partial charge in [0.1, 0.15) is 5.69 Å². The number of aromatic nitrogens is 2. The molecule has 2 aliphatic heterocycles. The maximum atomic E-state index is 12.1. The van der Waals surface area contributed by atoms with Crippen molar-refractivity contribution in [1.29, 1.82) is 0 Å². The molecule has 1 aromatic heterocycles. The lowest BCUT2D eigenvalue weighted by Crippen LogP contribution is -2.17. The van der Waals surface area contributed by atoms with E-state index in [2.05, 4.69) is 34.3 Å². The van der Waals surface area contributed by atoms with E-state index in [-0.39, 0.29) is 5.78 Å². The summed E-state index contributed by atoms with van der Waals surface area (Å²) in [5.41, 5.74) is 4.09. The Hall–Kier alpha value is -2.36. The van der Waals surface area contributed by atoms with Crippen molar-refractivity contribution in [1.82, 2.24) is 9.78 Å². The Morgan fingerprint density at radius 1 is 1.00 bits per heavy atom. The van der Waals surface area contributed by atoms with Crippen LogP contribution in [0, 0.1) is 0 Å². The Morgan fingerprint density at radius 3 is 2.52 bits per heavy atom. The molecule has 3 heterocycles. The molecule has 0 saturated carbocycles. The van der Waals surface area contributed by atoms with E-state index in [1.54, 1.807) is 16.9 Å².